The van der Waals surface area contributed by atoms with Crippen molar-refractivity contribution in [2.45, 2.75) is 69.9 Å². The van der Waals surface area contributed by atoms with Crippen LogP contribution in [0.3, 0.4) is 0 Å². The lowest BCUT2D eigenvalue weighted by Gasteiger charge is -2.35. The van der Waals surface area contributed by atoms with Crippen LogP contribution in [0.2, 0.25) is 5.02 Å². The van der Waals surface area contributed by atoms with E-state index in [1.807, 2.05) is 56.5 Å². The van der Waals surface area contributed by atoms with Gasteiger partial charge in [-0.2, -0.15) is 0 Å². The number of carboxylic acids is 1. The highest BCUT2D eigenvalue weighted by atomic mass is 35.5. The number of nitrogens with zero attached hydrogens (tertiary/aromatic N) is 3. The number of carboxylic acid groups (broad SMARTS) is 1. The van der Waals surface area contributed by atoms with Crippen molar-refractivity contribution in [1.29, 1.82) is 0 Å². The third-order valence-corrected chi connectivity index (χ3v) is 10.7. The molecule has 5 nitrogen and oxygen atoms in total. The van der Waals surface area contributed by atoms with Gasteiger partial charge in [-0.05, 0) is 98.8 Å². The maximum Gasteiger partial charge on any atom is 0.321 e. The molecule has 1 aliphatic carbocycles. The highest BCUT2D eigenvalue weighted by Gasteiger charge is 2.41. The average Bonchev–Trinajstić information content (AvgIpc) is 3.58. The molecule has 3 aromatic rings. The molecule has 2 aliphatic rings. The molecule has 244 valence electrons. The van der Waals surface area contributed by atoms with Gasteiger partial charge in [0.1, 0.15) is 11.9 Å². The summed E-state index contributed by atoms with van der Waals surface area (Å²) >= 11 is 8.18. The second kappa shape index (κ2) is 17.5. The van der Waals surface area contributed by atoms with Gasteiger partial charge in [0.15, 0.2) is 0 Å². The van der Waals surface area contributed by atoms with Crippen molar-refractivity contribution in [2.75, 3.05) is 26.7 Å². The summed E-state index contributed by atoms with van der Waals surface area (Å²) in [5.41, 5.74) is 2.15. The third kappa shape index (κ3) is 9.31. The zero-order chi connectivity index (χ0) is 29.1. The summed E-state index contributed by atoms with van der Waals surface area (Å²) in [6.07, 6.45) is 6.80. The maximum atomic E-state index is 14.2. The molecule has 3 unspecified atom stereocenters. The van der Waals surface area contributed by atoms with Crippen molar-refractivity contribution in [2.24, 2.45) is 11.8 Å². The van der Waals surface area contributed by atoms with Crippen LogP contribution in [0.25, 0.3) is 0 Å². The van der Waals surface area contributed by atoms with E-state index in [2.05, 4.69) is 22.1 Å². The Kier molecular flexibility index (Phi) is 15.4. The Hall–Kier alpha value is -1.45. The summed E-state index contributed by atoms with van der Waals surface area (Å²) in [7, 11) is 1.95. The molecule has 0 spiro atoms. The number of hydrogen-bond acceptors (Lipinski definition) is 5. The van der Waals surface area contributed by atoms with Crippen molar-refractivity contribution < 1.29 is 14.3 Å². The van der Waals surface area contributed by atoms with Crippen LogP contribution < -0.4 is 0 Å². The molecule has 4 atom stereocenters. The van der Waals surface area contributed by atoms with E-state index in [1.54, 1.807) is 12.1 Å². The number of halogens is 5. The Morgan fingerprint density at radius 3 is 2.45 bits per heavy atom. The number of carbonyl (C=O) groups is 1. The Bertz CT molecular complexity index is 1340. The van der Waals surface area contributed by atoms with Crippen LogP contribution in [0.5, 0.6) is 0 Å². The molecule has 44 heavy (non-hydrogen) atoms. The number of aliphatic carboxylic acids is 1. The smallest absolute Gasteiger partial charge is 0.321 e. The lowest BCUT2D eigenvalue weighted by Crippen LogP contribution is -2.47. The number of piperidine rings is 1. The summed E-state index contributed by atoms with van der Waals surface area (Å²) < 4.78 is 14.2. The van der Waals surface area contributed by atoms with Crippen molar-refractivity contribution in [1.82, 2.24) is 14.8 Å². The molecule has 2 heterocycles. The van der Waals surface area contributed by atoms with Gasteiger partial charge in [0.05, 0.1) is 5.01 Å². The minimum atomic E-state index is -0.770. The largest absolute Gasteiger partial charge is 0.480 e. The van der Waals surface area contributed by atoms with Gasteiger partial charge in [0.2, 0.25) is 0 Å². The molecular formula is C33H44Cl4FN3O2S. The topological polar surface area (TPSA) is 56.7 Å². The van der Waals surface area contributed by atoms with E-state index < -0.39 is 12.0 Å². The van der Waals surface area contributed by atoms with Gasteiger partial charge in [-0.25, -0.2) is 9.37 Å². The number of likely N-dealkylation sites (tertiary alicyclic amines) is 1. The number of benzene rings is 2. The molecular weight excluding hydrogens is 663 g/mol. The van der Waals surface area contributed by atoms with E-state index in [-0.39, 0.29) is 60.9 Å². The van der Waals surface area contributed by atoms with E-state index in [0.717, 1.165) is 72.9 Å². The fourth-order valence-corrected chi connectivity index (χ4v) is 8.38. The lowest BCUT2D eigenvalue weighted by atomic mass is 9.87. The quantitative estimate of drug-likeness (QED) is 0.229. The van der Waals surface area contributed by atoms with Crippen LogP contribution in [0.15, 0.2) is 54.7 Å². The monoisotopic (exact) mass is 705 g/mol. The SMILES string of the molecule is CC(C)[C@H](C(=O)O)N(C)C1CC(CN2CCC(c3cnc(Cc4ccccc4Cl)s3)CC2)C(c2cccc(F)c2)C1.Cl.Cl.Cl. The minimum absolute atomic E-state index is 0. The predicted octanol–water partition coefficient (Wildman–Crippen LogP) is 8.57. The maximum absolute atomic E-state index is 14.2. The number of thiazole rings is 1. The van der Waals surface area contributed by atoms with Gasteiger partial charge < -0.3 is 10.0 Å². The first kappa shape index (κ1) is 38.7. The standard InChI is InChI=1S/C33H41ClFN3O2S.3ClH/c1-21(2)32(33(39)40)37(3)27-16-25(28(18-27)23-8-6-9-26(35)15-23)20-38-13-11-22(12-14-38)30-19-36-31(41-30)17-24-7-4-5-10-29(24)34;;;/h4-10,15,19,21-22,25,27-28,32H,11-14,16-18,20H2,1-3H3,(H,39,40);3*1H/t25?,27?,28?,32-;;;/m1.../s1. The highest BCUT2D eigenvalue weighted by molar-refractivity contribution is 7.11. The third-order valence-electron chi connectivity index (χ3n) is 9.20. The summed E-state index contributed by atoms with van der Waals surface area (Å²) in [6, 6.07) is 14.6. The van der Waals surface area contributed by atoms with Crippen LogP contribution >= 0.6 is 60.2 Å². The molecule has 1 saturated carbocycles. The van der Waals surface area contributed by atoms with Gasteiger partial charge in [-0.1, -0.05) is 55.8 Å². The highest BCUT2D eigenvalue weighted by Crippen LogP contribution is 2.44. The van der Waals surface area contributed by atoms with Crippen molar-refractivity contribution in [3.8, 4) is 0 Å². The first-order valence-electron chi connectivity index (χ1n) is 14.8. The van der Waals surface area contributed by atoms with Crippen molar-refractivity contribution in [3.05, 3.63) is 86.6 Å². The van der Waals surface area contributed by atoms with Crippen LogP contribution in [-0.2, 0) is 11.2 Å². The molecule has 1 saturated heterocycles. The van der Waals surface area contributed by atoms with E-state index in [1.165, 1.54) is 10.9 Å². The van der Waals surface area contributed by atoms with Crippen molar-refractivity contribution >= 4 is 66.1 Å². The molecule has 1 N–H and O–H groups in total. The second-order valence-corrected chi connectivity index (χ2v) is 13.8. The Labute approximate surface area is 288 Å². The van der Waals surface area contributed by atoms with Crippen LogP contribution in [0.1, 0.15) is 72.4 Å². The summed E-state index contributed by atoms with van der Waals surface area (Å²) in [5.74, 6) is 0.128. The summed E-state index contributed by atoms with van der Waals surface area (Å²) in [5, 5.41) is 11.8. The fraction of sp³-hybridized carbons (Fsp3) is 0.515. The average molecular weight is 708 g/mol. The van der Waals surface area contributed by atoms with Crippen LogP contribution in [-0.4, -0.2) is 64.6 Å². The first-order valence-corrected chi connectivity index (χ1v) is 16.0. The zero-order valence-corrected chi connectivity index (χ0v) is 29.4. The molecule has 0 bridgehead atoms. The number of hydrogen-bond donors (Lipinski definition) is 1. The molecule has 2 aromatic carbocycles. The predicted molar refractivity (Wildman–Crippen MR) is 186 cm³/mol. The molecule has 0 amide bonds. The molecule has 2 fully saturated rings. The van der Waals surface area contributed by atoms with Gasteiger partial charge in [-0.3, -0.25) is 9.69 Å². The minimum Gasteiger partial charge on any atom is -0.480 e. The number of likely N-dealkylation sites (N-methyl/N-ethyl adjacent to an activating group) is 1. The normalized spacial score (nSPS) is 21.4. The van der Waals surface area contributed by atoms with E-state index in [0.29, 0.717) is 11.8 Å². The van der Waals surface area contributed by atoms with Crippen LogP contribution in [0.4, 0.5) is 4.39 Å². The lowest BCUT2D eigenvalue weighted by molar-refractivity contribution is -0.145. The summed E-state index contributed by atoms with van der Waals surface area (Å²) in [4.78, 5) is 22.8. The van der Waals surface area contributed by atoms with E-state index in [9.17, 15) is 14.3 Å². The Balaban J connectivity index is 0.00000225. The molecule has 5 rings (SSSR count). The molecule has 1 aromatic heterocycles. The first-order chi connectivity index (χ1) is 19.7. The van der Waals surface area contributed by atoms with E-state index in [4.69, 9.17) is 16.6 Å². The Morgan fingerprint density at radius 2 is 1.82 bits per heavy atom. The molecule has 11 heteroatoms. The summed E-state index contributed by atoms with van der Waals surface area (Å²) in [6.45, 7) is 6.95. The van der Waals surface area contributed by atoms with Crippen molar-refractivity contribution in [3.63, 3.8) is 0 Å². The van der Waals surface area contributed by atoms with Gasteiger partial charge >= 0.3 is 5.97 Å². The van der Waals surface area contributed by atoms with Gasteiger partial charge in [0, 0.05) is 35.1 Å². The van der Waals surface area contributed by atoms with E-state index >= 15 is 0 Å². The molecule has 0 radical (unpaired) electrons. The van der Waals surface area contributed by atoms with Gasteiger partial charge in [0.25, 0.3) is 0 Å². The number of rotatable bonds is 10. The fourth-order valence-electron chi connectivity index (χ4n) is 7.06. The zero-order valence-electron chi connectivity index (χ0n) is 25.4. The second-order valence-electron chi connectivity index (χ2n) is 12.2. The molecule has 1 aliphatic heterocycles. The Morgan fingerprint density at radius 1 is 1.11 bits per heavy atom. The van der Waals surface area contributed by atoms with Gasteiger partial charge in [-0.15, -0.1) is 48.6 Å². The number of aromatic nitrogens is 1. The van der Waals surface area contributed by atoms with Crippen LogP contribution in [0, 0.1) is 17.7 Å².